The Morgan fingerprint density at radius 2 is 1.10 bits per heavy atom. The third-order valence-corrected chi connectivity index (χ3v) is 6.60. The van der Waals surface area contributed by atoms with E-state index >= 15 is 0 Å². The first-order chi connectivity index (χ1) is 14.2. The molecule has 0 heterocycles. The summed E-state index contributed by atoms with van der Waals surface area (Å²) in [4.78, 5) is -2.98. The molecule has 15 heteroatoms. The summed E-state index contributed by atoms with van der Waals surface area (Å²) in [6.45, 7) is 0. The van der Waals surface area contributed by atoms with Crippen LogP contribution in [0.2, 0.25) is 0 Å². The summed E-state index contributed by atoms with van der Waals surface area (Å²) in [5.41, 5.74) is 6.06. The minimum absolute atomic E-state index is 0.249. The molecular formula is C16H13N3O9S3. The van der Waals surface area contributed by atoms with Crippen LogP contribution >= 0.6 is 0 Å². The van der Waals surface area contributed by atoms with Gasteiger partial charge in [-0.05, 0) is 48.5 Å². The maximum absolute atomic E-state index is 11.9. The third-order valence-electron chi connectivity index (χ3n) is 3.98. The summed E-state index contributed by atoms with van der Waals surface area (Å²) in [6.07, 6.45) is 0. The number of azo groups is 1. The molecule has 0 aliphatic rings. The molecule has 164 valence electrons. The molecule has 0 saturated heterocycles. The zero-order valence-electron chi connectivity index (χ0n) is 15.1. The Balaban J connectivity index is 2.39. The summed E-state index contributed by atoms with van der Waals surface area (Å²) in [5.74, 6) is 0. The largest absolute Gasteiger partial charge is 0.399 e. The molecule has 0 aliphatic carbocycles. The summed E-state index contributed by atoms with van der Waals surface area (Å²) < 4.78 is 98.7. The van der Waals surface area contributed by atoms with Crippen LogP contribution in [-0.2, 0) is 30.4 Å². The maximum atomic E-state index is 11.9. The highest BCUT2D eigenvalue weighted by atomic mass is 32.2. The van der Waals surface area contributed by atoms with Gasteiger partial charge in [-0.15, -0.1) is 0 Å². The van der Waals surface area contributed by atoms with Gasteiger partial charge in [-0.25, -0.2) is 0 Å². The van der Waals surface area contributed by atoms with Crippen molar-refractivity contribution in [1.82, 2.24) is 0 Å². The molecular weight excluding hydrogens is 474 g/mol. The highest BCUT2D eigenvalue weighted by molar-refractivity contribution is 7.87. The number of nitrogens with two attached hydrogens (primary N) is 1. The molecule has 0 unspecified atom stereocenters. The van der Waals surface area contributed by atoms with Gasteiger partial charge in [-0.1, -0.05) is 0 Å². The molecule has 0 aromatic heterocycles. The fraction of sp³-hybridized carbons (Fsp3) is 0. The zero-order chi connectivity index (χ0) is 23.2. The number of fused-ring (bicyclic) bond motifs is 1. The first-order valence-corrected chi connectivity index (χ1v) is 12.3. The number of rotatable bonds is 5. The van der Waals surface area contributed by atoms with Crippen molar-refractivity contribution < 1.29 is 38.9 Å². The van der Waals surface area contributed by atoms with E-state index in [0.29, 0.717) is 23.5 Å². The molecule has 3 aromatic carbocycles. The number of nitrogen functional groups attached to an aromatic ring is 1. The van der Waals surface area contributed by atoms with E-state index in [1.807, 2.05) is 0 Å². The molecule has 5 N–H and O–H groups in total. The van der Waals surface area contributed by atoms with Crippen molar-refractivity contribution in [2.24, 2.45) is 10.2 Å². The quantitative estimate of drug-likeness (QED) is 0.234. The second-order valence-electron chi connectivity index (χ2n) is 6.18. The standard InChI is InChI=1S/C16H13N3O9S3/c17-9-1-3-10(4-2-9)18-19-11-5-13-14(15(6-11)30(23,24)25)7-12(29(20,21)22)8-16(13)31(26,27)28/h1-8H,17H2,(H,20,21,22)(H,23,24,25)(H,26,27,28)/b19-18+. The summed E-state index contributed by atoms with van der Waals surface area (Å²) >= 11 is 0. The molecule has 0 radical (unpaired) electrons. The molecule has 0 saturated carbocycles. The third kappa shape index (κ3) is 5.04. The lowest BCUT2D eigenvalue weighted by Crippen LogP contribution is -2.07. The summed E-state index contributed by atoms with van der Waals surface area (Å²) in [5, 5.41) is 6.54. The first kappa shape index (κ1) is 22.7. The zero-order valence-corrected chi connectivity index (χ0v) is 17.6. The highest BCUT2D eigenvalue weighted by Gasteiger charge is 2.25. The molecule has 3 rings (SSSR count). The van der Waals surface area contributed by atoms with Crippen molar-refractivity contribution in [3.63, 3.8) is 0 Å². The van der Waals surface area contributed by atoms with Crippen molar-refractivity contribution in [2.75, 3.05) is 5.73 Å². The molecule has 31 heavy (non-hydrogen) atoms. The van der Waals surface area contributed by atoms with Crippen LogP contribution < -0.4 is 5.73 Å². The fourth-order valence-corrected chi connectivity index (χ4v) is 4.69. The molecule has 0 amide bonds. The Labute approximate surface area is 176 Å². The van der Waals surface area contributed by atoms with Gasteiger partial charge >= 0.3 is 0 Å². The fourth-order valence-electron chi connectivity index (χ4n) is 2.65. The Morgan fingerprint density at radius 1 is 0.613 bits per heavy atom. The summed E-state index contributed by atoms with van der Waals surface area (Å²) in [6, 6.07) is 8.89. The number of benzene rings is 3. The van der Waals surface area contributed by atoms with Crippen LogP contribution in [0.3, 0.4) is 0 Å². The molecule has 0 aliphatic heterocycles. The van der Waals surface area contributed by atoms with Gasteiger partial charge in [0.1, 0.15) is 9.79 Å². The first-order valence-electron chi connectivity index (χ1n) is 7.98. The Bertz CT molecular complexity index is 1550. The van der Waals surface area contributed by atoms with Gasteiger partial charge in [0.15, 0.2) is 0 Å². The van der Waals surface area contributed by atoms with Crippen molar-refractivity contribution in [3.8, 4) is 0 Å². The van der Waals surface area contributed by atoms with Crippen molar-refractivity contribution in [1.29, 1.82) is 0 Å². The number of anilines is 1. The van der Waals surface area contributed by atoms with Crippen LogP contribution in [0.15, 0.2) is 73.4 Å². The van der Waals surface area contributed by atoms with E-state index < -0.39 is 55.8 Å². The van der Waals surface area contributed by atoms with Gasteiger partial charge in [-0.2, -0.15) is 35.5 Å². The van der Waals surface area contributed by atoms with Crippen LogP contribution in [0.25, 0.3) is 10.8 Å². The lowest BCUT2D eigenvalue weighted by atomic mass is 10.1. The molecule has 0 atom stereocenters. The number of nitrogens with zero attached hydrogens (tertiary/aromatic N) is 2. The van der Waals surface area contributed by atoms with E-state index in [9.17, 15) is 38.9 Å². The average Bonchev–Trinajstić information content (AvgIpc) is 2.63. The minimum Gasteiger partial charge on any atom is -0.399 e. The predicted octanol–water partition coefficient (Wildman–Crippen LogP) is 2.58. The monoisotopic (exact) mass is 487 g/mol. The van der Waals surface area contributed by atoms with Gasteiger partial charge < -0.3 is 5.73 Å². The van der Waals surface area contributed by atoms with Crippen LogP contribution in [0.4, 0.5) is 17.1 Å². The van der Waals surface area contributed by atoms with Crippen LogP contribution in [-0.4, -0.2) is 38.9 Å². The minimum atomic E-state index is -5.10. The van der Waals surface area contributed by atoms with E-state index in [1.165, 1.54) is 24.3 Å². The predicted molar refractivity (Wildman–Crippen MR) is 108 cm³/mol. The molecule has 0 spiro atoms. The van der Waals surface area contributed by atoms with Crippen LogP contribution in [0, 0.1) is 0 Å². The average molecular weight is 487 g/mol. The lowest BCUT2D eigenvalue weighted by molar-refractivity contribution is 0.478. The van der Waals surface area contributed by atoms with E-state index in [4.69, 9.17) is 5.73 Å². The smallest absolute Gasteiger partial charge is 0.295 e. The van der Waals surface area contributed by atoms with E-state index in [-0.39, 0.29) is 5.69 Å². The van der Waals surface area contributed by atoms with Crippen molar-refractivity contribution in [2.45, 2.75) is 14.7 Å². The van der Waals surface area contributed by atoms with Crippen molar-refractivity contribution >= 4 is 58.2 Å². The van der Waals surface area contributed by atoms with Crippen LogP contribution in [0.1, 0.15) is 0 Å². The van der Waals surface area contributed by atoms with E-state index in [2.05, 4.69) is 10.2 Å². The van der Waals surface area contributed by atoms with Crippen LogP contribution in [0.5, 0.6) is 0 Å². The van der Waals surface area contributed by atoms with Gasteiger partial charge in [0, 0.05) is 16.5 Å². The Kier molecular flexibility index (Phi) is 5.59. The van der Waals surface area contributed by atoms with Crippen molar-refractivity contribution in [3.05, 3.63) is 48.5 Å². The Morgan fingerprint density at radius 3 is 1.61 bits per heavy atom. The number of hydrogen-bond acceptors (Lipinski definition) is 9. The van der Waals surface area contributed by atoms with E-state index in [1.54, 1.807) is 0 Å². The molecule has 0 fully saturated rings. The van der Waals surface area contributed by atoms with E-state index in [0.717, 1.165) is 12.1 Å². The number of hydrogen-bond donors (Lipinski definition) is 4. The van der Waals surface area contributed by atoms with Gasteiger partial charge in [0.25, 0.3) is 30.4 Å². The molecule has 12 nitrogen and oxygen atoms in total. The van der Waals surface area contributed by atoms with Gasteiger partial charge in [0.2, 0.25) is 0 Å². The summed E-state index contributed by atoms with van der Waals surface area (Å²) in [7, 11) is -15.1. The normalized spacial score (nSPS) is 13.1. The second kappa shape index (κ2) is 7.63. The topological polar surface area (TPSA) is 214 Å². The lowest BCUT2D eigenvalue weighted by Gasteiger charge is -2.11. The Hall–Kier alpha value is -2.95. The maximum Gasteiger partial charge on any atom is 0.295 e. The second-order valence-corrected chi connectivity index (χ2v) is 10.4. The van der Waals surface area contributed by atoms with Gasteiger partial charge in [-0.3, -0.25) is 13.7 Å². The van der Waals surface area contributed by atoms with Gasteiger partial charge in [0.05, 0.1) is 16.3 Å². The highest BCUT2D eigenvalue weighted by Crippen LogP contribution is 2.35. The SMILES string of the molecule is Nc1ccc(/N=N/c2cc(S(=O)(=O)O)c3cc(S(=O)(=O)O)cc(S(=O)(=O)O)c3c2)cc1. The molecule has 3 aromatic rings. The molecule has 0 bridgehead atoms.